The molecule has 0 radical (unpaired) electrons. The van der Waals surface area contributed by atoms with E-state index >= 15 is 0 Å². The average molecular weight is 291 g/mol. The van der Waals surface area contributed by atoms with Gasteiger partial charge in [-0.3, -0.25) is 4.79 Å². The van der Waals surface area contributed by atoms with E-state index in [0.717, 1.165) is 24.1 Å². The second-order valence-electron chi connectivity index (χ2n) is 5.19. The van der Waals surface area contributed by atoms with Gasteiger partial charge in [0.2, 0.25) is 5.91 Å². The average Bonchev–Trinajstić information content (AvgIpc) is 2.46. The van der Waals surface area contributed by atoms with Crippen molar-refractivity contribution in [2.24, 2.45) is 0 Å². The van der Waals surface area contributed by atoms with E-state index in [2.05, 4.69) is 22.9 Å². The maximum Gasteiger partial charge on any atom is 0.319 e. The summed E-state index contributed by atoms with van der Waals surface area (Å²) in [5.41, 5.74) is 1.87. The first kappa shape index (κ1) is 17.0. The summed E-state index contributed by atoms with van der Waals surface area (Å²) >= 11 is 0. The highest BCUT2D eigenvalue weighted by molar-refractivity contribution is 5.93. The Morgan fingerprint density at radius 1 is 1.14 bits per heavy atom. The van der Waals surface area contributed by atoms with Gasteiger partial charge in [-0.25, -0.2) is 4.79 Å². The van der Waals surface area contributed by atoms with E-state index in [0.29, 0.717) is 0 Å². The molecular formula is C16H25N3O2. The molecule has 0 unspecified atom stereocenters. The van der Waals surface area contributed by atoms with Crippen LogP contribution in [0.15, 0.2) is 24.3 Å². The van der Waals surface area contributed by atoms with Crippen molar-refractivity contribution in [3.63, 3.8) is 0 Å². The smallest absolute Gasteiger partial charge is 0.319 e. The highest BCUT2D eigenvalue weighted by atomic mass is 16.2. The Kier molecular flexibility index (Phi) is 6.72. The van der Waals surface area contributed by atoms with E-state index in [9.17, 15) is 9.59 Å². The van der Waals surface area contributed by atoms with E-state index in [1.165, 1.54) is 0 Å². The molecular weight excluding hydrogens is 266 g/mol. The van der Waals surface area contributed by atoms with Crippen LogP contribution >= 0.6 is 0 Å². The van der Waals surface area contributed by atoms with Gasteiger partial charge in [0.1, 0.15) is 6.04 Å². The molecule has 0 aliphatic rings. The molecule has 3 N–H and O–H groups in total. The van der Waals surface area contributed by atoms with Gasteiger partial charge in [0.05, 0.1) is 0 Å². The second kappa shape index (κ2) is 8.29. The molecule has 116 valence electrons. The number of urea groups is 1. The lowest BCUT2D eigenvalue weighted by atomic mass is 10.1. The van der Waals surface area contributed by atoms with Crippen molar-refractivity contribution >= 4 is 17.6 Å². The summed E-state index contributed by atoms with van der Waals surface area (Å²) in [4.78, 5) is 23.7. The van der Waals surface area contributed by atoms with Crippen LogP contribution in [-0.2, 0) is 11.2 Å². The number of aryl methyl sites for hydroxylation is 1. The number of hydrogen-bond donors (Lipinski definition) is 3. The number of carbonyl (C=O) groups is 2. The fourth-order valence-corrected chi connectivity index (χ4v) is 1.77. The van der Waals surface area contributed by atoms with Crippen LogP contribution in [0.5, 0.6) is 0 Å². The standard InChI is InChI=1S/C16H25N3O2/c1-5-11(3)17-15(20)12(4)18-16(21)19-14-9-7-8-13(6-2)10-14/h7-12H,5-6H2,1-4H3,(H,17,20)(H2,18,19,21)/t11-,12+/m0/s1. The molecule has 0 heterocycles. The number of rotatable bonds is 6. The minimum absolute atomic E-state index is 0.103. The van der Waals surface area contributed by atoms with Crippen molar-refractivity contribution in [2.45, 2.75) is 52.6 Å². The minimum Gasteiger partial charge on any atom is -0.352 e. The normalized spacial score (nSPS) is 13.1. The van der Waals surface area contributed by atoms with Gasteiger partial charge in [-0.05, 0) is 44.4 Å². The fourth-order valence-electron chi connectivity index (χ4n) is 1.77. The molecule has 0 spiro atoms. The summed E-state index contributed by atoms with van der Waals surface area (Å²) in [7, 11) is 0. The number of amides is 3. The lowest BCUT2D eigenvalue weighted by Gasteiger charge is -2.17. The van der Waals surface area contributed by atoms with Crippen LogP contribution in [0.3, 0.4) is 0 Å². The first-order valence-corrected chi connectivity index (χ1v) is 7.43. The van der Waals surface area contributed by atoms with Crippen LogP contribution in [0.4, 0.5) is 10.5 Å². The van der Waals surface area contributed by atoms with Crippen molar-refractivity contribution in [2.75, 3.05) is 5.32 Å². The van der Waals surface area contributed by atoms with Crippen molar-refractivity contribution < 1.29 is 9.59 Å². The summed E-state index contributed by atoms with van der Waals surface area (Å²) in [6, 6.07) is 6.79. The topological polar surface area (TPSA) is 70.2 Å². The molecule has 21 heavy (non-hydrogen) atoms. The number of benzene rings is 1. The number of nitrogens with one attached hydrogen (secondary N) is 3. The zero-order valence-corrected chi connectivity index (χ0v) is 13.2. The highest BCUT2D eigenvalue weighted by Gasteiger charge is 2.16. The quantitative estimate of drug-likeness (QED) is 0.754. The third kappa shape index (κ3) is 5.85. The molecule has 5 nitrogen and oxygen atoms in total. The Labute approximate surface area is 126 Å². The molecule has 0 saturated heterocycles. The van der Waals surface area contributed by atoms with E-state index in [-0.39, 0.29) is 18.0 Å². The van der Waals surface area contributed by atoms with E-state index in [1.807, 2.05) is 38.1 Å². The minimum atomic E-state index is -0.576. The lowest BCUT2D eigenvalue weighted by Crippen LogP contribution is -2.48. The molecule has 0 aliphatic heterocycles. The SMILES string of the molecule is CCc1cccc(NC(=O)N[C@H](C)C(=O)N[C@@H](C)CC)c1. The Hall–Kier alpha value is -2.04. The highest BCUT2D eigenvalue weighted by Crippen LogP contribution is 2.10. The Morgan fingerprint density at radius 2 is 1.86 bits per heavy atom. The van der Waals surface area contributed by atoms with Crippen molar-refractivity contribution in [1.82, 2.24) is 10.6 Å². The first-order chi connectivity index (χ1) is 9.96. The van der Waals surface area contributed by atoms with E-state index < -0.39 is 6.04 Å². The van der Waals surface area contributed by atoms with Crippen LogP contribution in [-0.4, -0.2) is 24.0 Å². The third-order valence-corrected chi connectivity index (χ3v) is 3.34. The monoisotopic (exact) mass is 291 g/mol. The van der Waals surface area contributed by atoms with Crippen LogP contribution in [0.25, 0.3) is 0 Å². The maximum absolute atomic E-state index is 11.9. The second-order valence-corrected chi connectivity index (χ2v) is 5.19. The van der Waals surface area contributed by atoms with Gasteiger partial charge in [-0.1, -0.05) is 26.0 Å². The molecule has 3 amide bonds. The predicted octanol–water partition coefficient (Wildman–Crippen LogP) is 2.67. The number of hydrogen-bond acceptors (Lipinski definition) is 2. The van der Waals surface area contributed by atoms with Gasteiger partial charge in [-0.15, -0.1) is 0 Å². The van der Waals surface area contributed by atoms with Crippen LogP contribution in [0.2, 0.25) is 0 Å². The van der Waals surface area contributed by atoms with Gasteiger partial charge in [0.15, 0.2) is 0 Å². The van der Waals surface area contributed by atoms with Crippen LogP contribution in [0.1, 0.15) is 39.7 Å². The number of carbonyl (C=O) groups excluding carboxylic acids is 2. The van der Waals surface area contributed by atoms with Gasteiger partial charge < -0.3 is 16.0 Å². The zero-order chi connectivity index (χ0) is 15.8. The molecule has 2 atom stereocenters. The van der Waals surface area contributed by atoms with Crippen molar-refractivity contribution in [1.29, 1.82) is 0 Å². The molecule has 1 aromatic rings. The summed E-state index contributed by atoms with van der Waals surface area (Å²) in [5, 5.41) is 8.21. The first-order valence-electron chi connectivity index (χ1n) is 7.43. The molecule has 1 aromatic carbocycles. The molecule has 0 bridgehead atoms. The Bertz CT molecular complexity index is 488. The Morgan fingerprint density at radius 3 is 2.48 bits per heavy atom. The van der Waals surface area contributed by atoms with Gasteiger partial charge in [-0.2, -0.15) is 0 Å². The molecule has 0 fully saturated rings. The molecule has 0 aliphatic carbocycles. The van der Waals surface area contributed by atoms with Crippen LogP contribution < -0.4 is 16.0 Å². The number of anilines is 1. The predicted molar refractivity (Wildman–Crippen MR) is 85.3 cm³/mol. The van der Waals surface area contributed by atoms with Gasteiger partial charge >= 0.3 is 6.03 Å². The van der Waals surface area contributed by atoms with Crippen LogP contribution in [0, 0.1) is 0 Å². The third-order valence-electron chi connectivity index (χ3n) is 3.34. The largest absolute Gasteiger partial charge is 0.352 e. The van der Waals surface area contributed by atoms with Gasteiger partial charge in [0, 0.05) is 11.7 Å². The summed E-state index contributed by atoms with van der Waals surface area (Å²) in [6.45, 7) is 7.65. The maximum atomic E-state index is 11.9. The summed E-state index contributed by atoms with van der Waals surface area (Å²) < 4.78 is 0. The van der Waals surface area contributed by atoms with E-state index in [1.54, 1.807) is 6.92 Å². The van der Waals surface area contributed by atoms with Crippen molar-refractivity contribution in [3.05, 3.63) is 29.8 Å². The fraction of sp³-hybridized carbons (Fsp3) is 0.500. The molecule has 1 rings (SSSR count). The summed E-state index contributed by atoms with van der Waals surface area (Å²) in [5.74, 6) is -0.179. The van der Waals surface area contributed by atoms with Crippen molar-refractivity contribution in [3.8, 4) is 0 Å². The Balaban J connectivity index is 2.50. The lowest BCUT2D eigenvalue weighted by molar-refractivity contribution is -0.123. The molecule has 5 heteroatoms. The summed E-state index contributed by atoms with van der Waals surface area (Å²) in [6.07, 6.45) is 1.76. The van der Waals surface area contributed by atoms with Gasteiger partial charge in [0.25, 0.3) is 0 Å². The molecule has 0 aromatic heterocycles. The van der Waals surface area contributed by atoms with E-state index in [4.69, 9.17) is 0 Å². The zero-order valence-electron chi connectivity index (χ0n) is 13.2. The molecule has 0 saturated carbocycles.